The van der Waals surface area contributed by atoms with E-state index in [4.69, 9.17) is 20.4 Å². The van der Waals surface area contributed by atoms with Gasteiger partial charge in [0.05, 0.1) is 26.2 Å². The maximum Gasteiger partial charge on any atom is 0.317 e. The van der Waals surface area contributed by atoms with Crippen LogP contribution in [0.5, 0.6) is 0 Å². The van der Waals surface area contributed by atoms with Crippen LogP contribution in [0.25, 0.3) is 0 Å². The third-order valence-electron chi connectivity index (χ3n) is 4.37. The van der Waals surface area contributed by atoms with Gasteiger partial charge < -0.3 is 25.9 Å². The molecule has 1 aliphatic rings. The van der Waals surface area contributed by atoms with E-state index in [2.05, 4.69) is 0 Å². The average Bonchev–Trinajstić information content (AvgIpc) is 2.55. The first-order chi connectivity index (χ1) is 13.2. The van der Waals surface area contributed by atoms with Crippen molar-refractivity contribution in [1.29, 1.82) is 0 Å². The second-order valence-electron chi connectivity index (χ2n) is 6.68. The smallest absolute Gasteiger partial charge is 0.317 e. The van der Waals surface area contributed by atoms with Gasteiger partial charge >= 0.3 is 23.9 Å². The lowest BCUT2D eigenvalue weighted by Crippen LogP contribution is -2.49. The van der Waals surface area contributed by atoms with Gasteiger partial charge in [-0.25, -0.2) is 0 Å². The van der Waals surface area contributed by atoms with Gasteiger partial charge in [-0.15, -0.1) is 0 Å². The van der Waals surface area contributed by atoms with Crippen LogP contribution < -0.4 is 0 Å². The zero-order valence-corrected chi connectivity index (χ0v) is 16.2. The van der Waals surface area contributed by atoms with Crippen LogP contribution in [0.2, 0.25) is 0 Å². The molecule has 0 amide bonds. The minimum Gasteiger partial charge on any atom is -0.480 e. The Morgan fingerprint density at radius 2 is 0.586 bits per heavy atom. The first kappa shape index (κ1) is 26.7. The SMILES string of the molecule is O.O=C(O)CN1CCN(CC(=O)O)CCN(CC(=O)O)CCN(CC(=O)O)CC1. The molecule has 0 spiro atoms. The fourth-order valence-electron chi connectivity index (χ4n) is 2.98. The van der Waals surface area contributed by atoms with Crippen molar-refractivity contribution in [2.75, 3.05) is 78.5 Å². The molecule has 1 saturated heterocycles. The summed E-state index contributed by atoms with van der Waals surface area (Å²) in [5.74, 6) is -4.08. The van der Waals surface area contributed by atoms with E-state index in [0.29, 0.717) is 52.4 Å². The maximum atomic E-state index is 11.1. The Hall–Kier alpha value is -2.32. The van der Waals surface area contributed by atoms with Crippen LogP contribution >= 0.6 is 0 Å². The lowest BCUT2D eigenvalue weighted by Gasteiger charge is -2.32. The first-order valence-electron chi connectivity index (χ1n) is 8.92. The second-order valence-corrected chi connectivity index (χ2v) is 6.68. The van der Waals surface area contributed by atoms with Crippen molar-refractivity contribution in [2.45, 2.75) is 0 Å². The third-order valence-corrected chi connectivity index (χ3v) is 4.37. The molecule has 0 aliphatic carbocycles. The zero-order chi connectivity index (χ0) is 21.1. The number of nitrogens with zero attached hydrogens (tertiary/aromatic N) is 4. The number of aliphatic carboxylic acids is 4. The summed E-state index contributed by atoms with van der Waals surface area (Å²) in [6.45, 7) is 1.52. The van der Waals surface area contributed by atoms with Crippen molar-refractivity contribution in [1.82, 2.24) is 19.6 Å². The summed E-state index contributed by atoms with van der Waals surface area (Å²) in [5.41, 5.74) is 0. The topological polar surface area (TPSA) is 194 Å². The molecule has 13 heteroatoms. The molecule has 13 nitrogen and oxygen atoms in total. The van der Waals surface area contributed by atoms with Crippen molar-refractivity contribution >= 4 is 23.9 Å². The lowest BCUT2D eigenvalue weighted by molar-refractivity contribution is -0.141. The minimum atomic E-state index is -1.02. The number of carboxylic acid groups (broad SMARTS) is 4. The van der Waals surface area contributed by atoms with Crippen LogP contribution in [-0.2, 0) is 19.2 Å². The van der Waals surface area contributed by atoms with E-state index in [1.807, 2.05) is 0 Å². The van der Waals surface area contributed by atoms with Gasteiger partial charge in [-0.3, -0.25) is 38.8 Å². The van der Waals surface area contributed by atoms with Gasteiger partial charge in [0.2, 0.25) is 0 Å². The summed E-state index contributed by atoms with van der Waals surface area (Å²) in [5, 5.41) is 36.3. The fraction of sp³-hybridized carbons (Fsp3) is 0.750. The molecule has 0 aromatic rings. The van der Waals surface area contributed by atoms with E-state index in [-0.39, 0.29) is 31.7 Å². The van der Waals surface area contributed by atoms with Crippen molar-refractivity contribution in [2.24, 2.45) is 0 Å². The molecule has 0 atom stereocenters. The van der Waals surface area contributed by atoms with Crippen LogP contribution in [0.3, 0.4) is 0 Å². The Morgan fingerprint density at radius 1 is 0.448 bits per heavy atom. The summed E-state index contributed by atoms with van der Waals surface area (Å²) in [7, 11) is 0. The van der Waals surface area contributed by atoms with Gasteiger partial charge in [-0.05, 0) is 0 Å². The quantitative estimate of drug-likeness (QED) is 0.305. The molecule has 29 heavy (non-hydrogen) atoms. The first-order valence-corrected chi connectivity index (χ1v) is 8.92. The van der Waals surface area contributed by atoms with Crippen LogP contribution in [0, 0.1) is 0 Å². The molecule has 168 valence electrons. The van der Waals surface area contributed by atoms with Crippen molar-refractivity contribution in [3.05, 3.63) is 0 Å². The van der Waals surface area contributed by atoms with Crippen molar-refractivity contribution in [3.8, 4) is 0 Å². The molecule has 0 aromatic heterocycles. The Balaban J connectivity index is 0.00000784. The highest BCUT2D eigenvalue weighted by Gasteiger charge is 2.20. The average molecular weight is 422 g/mol. The van der Waals surface area contributed by atoms with Gasteiger partial charge in [0.1, 0.15) is 0 Å². The number of hydrogen-bond acceptors (Lipinski definition) is 8. The highest BCUT2D eigenvalue weighted by Crippen LogP contribution is 2.01. The fourth-order valence-corrected chi connectivity index (χ4v) is 2.98. The third kappa shape index (κ3) is 12.7. The monoisotopic (exact) mass is 422 g/mol. The minimum absolute atomic E-state index is 0. The van der Waals surface area contributed by atoms with E-state index in [1.165, 1.54) is 0 Å². The highest BCUT2D eigenvalue weighted by molar-refractivity contribution is 5.70. The molecule has 0 radical (unpaired) electrons. The molecular formula is C16H30N4O9. The van der Waals surface area contributed by atoms with E-state index < -0.39 is 23.9 Å². The molecular weight excluding hydrogens is 392 g/mol. The van der Waals surface area contributed by atoms with Gasteiger partial charge in [-0.2, -0.15) is 0 Å². The molecule has 6 N–H and O–H groups in total. The van der Waals surface area contributed by atoms with Crippen LogP contribution in [0.1, 0.15) is 0 Å². The van der Waals surface area contributed by atoms with Gasteiger partial charge in [0, 0.05) is 52.4 Å². The Kier molecular flexibility index (Phi) is 12.7. The number of hydrogen-bond donors (Lipinski definition) is 4. The predicted octanol–water partition coefficient (Wildman–Crippen LogP) is -3.28. The molecule has 0 aromatic carbocycles. The molecule has 0 bridgehead atoms. The summed E-state index contributed by atoms with van der Waals surface area (Å²) < 4.78 is 0. The van der Waals surface area contributed by atoms with E-state index in [1.54, 1.807) is 19.6 Å². The van der Waals surface area contributed by atoms with Gasteiger partial charge in [0.15, 0.2) is 0 Å². The van der Waals surface area contributed by atoms with E-state index in [0.717, 1.165) is 0 Å². The van der Waals surface area contributed by atoms with E-state index >= 15 is 0 Å². The van der Waals surface area contributed by atoms with Gasteiger partial charge in [0.25, 0.3) is 0 Å². The van der Waals surface area contributed by atoms with Crippen molar-refractivity contribution < 1.29 is 45.1 Å². The molecule has 0 unspecified atom stereocenters. The summed E-state index contributed by atoms with van der Waals surface area (Å²) in [6, 6.07) is 0. The normalized spacial score (nSPS) is 18.8. The lowest BCUT2D eigenvalue weighted by atomic mass is 10.3. The highest BCUT2D eigenvalue weighted by atomic mass is 16.4. The largest absolute Gasteiger partial charge is 0.480 e. The molecule has 0 saturated carbocycles. The number of carboxylic acids is 4. The molecule has 1 rings (SSSR count). The standard InChI is InChI=1S/C16H28N4O8.H2O/c21-13(22)9-17-1-2-18(10-14(23)24)5-6-20(12-16(27)28)8-7-19(4-3-17)11-15(25)26;/h1-12H2,(H,21,22)(H,23,24)(H,25,26)(H,27,28);1H2. The zero-order valence-electron chi connectivity index (χ0n) is 16.2. The summed E-state index contributed by atoms with van der Waals surface area (Å²) >= 11 is 0. The van der Waals surface area contributed by atoms with Crippen LogP contribution in [0.15, 0.2) is 0 Å². The number of rotatable bonds is 8. The maximum absolute atomic E-state index is 11.1. The Labute approximate surface area is 168 Å². The van der Waals surface area contributed by atoms with Crippen molar-refractivity contribution in [3.63, 3.8) is 0 Å². The molecule has 1 heterocycles. The Bertz CT molecular complexity index is 449. The Morgan fingerprint density at radius 3 is 0.690 bits per heavy atom. The van der Waals surface area contributed by atoms with Crippen LogP contribution in [0.4, 0.5) is 0 Å². The van der Waals surface area contributed by atoms with E-state index in [9.17, 15) is 19.2 Å². The molecule has 1 aliphatic heterocycles. The van der Waals surface area contributed by atoms with Crippen LogP contribution in [-0.4, -0.2) is 148 Å². The van der Waals surface area contributed by atoms with Gasteiger partial charge in [-0.1, -0.05) is 0 Å². The number of carbonyl (C=O) groups is 4. The molecule has 1 fully saturated rings. The predicted molar refractivity (Wildman–Crippen MR) is 99.9 cm³/mol. The summed E-state index contributed by atoms with van der Waals surface area (Å²) in [6.07, 6.45) is 0. The second kappa shape index (κ2) is 13.8. The summed E-state index contributed by atoms with van der Waals surface area (Å²) in [4.78, 5) is 50.9.